The fraction of sp³-hybridized carbons (Fsp3) is 0.923. The summed E-state index contributed by atoms with van der Waals surface area (Å²) in [7, 11) is 1.70. The third kappa shape index (κ3) is 9.38. The second kappa shape index (κ2) is 10.5. The summed E-state index contributed by atoms with van der Waals surface area (Å²) < 4.78 is 36.9. The van der Waals surface area contributed by atoms with Crippen molar-refractivity contribution in [3.05, 3.63) is 0 Å². The molecule has 1 rings (SSSR count). The Bertz CT molecular complexity index is 310. The van der Waals surface area contributed by atoms with Gasteiger partial charge in [-0.15, -0.1) is 24.0 Å². The summed E-state index contributed by atoms with van der Waals surface area (Å²) in [6.45, 7) is 3.87. The Morgan fingerprint density at radius 2 is 2.05 bits per heavy atom. The lowest BCUT2D eigenvalue weighted by atomic mass is 10.1. The Labute approximate surface area is 142 Å². The van der Waals surface area contributed by atoms with E-state index < -0.39 is 12.7 Å². The number of nitrogens with one attached hydrogen (secondary N) is 2. The number of guanidine groups is 1. The minimum Gasteiger partial charge on any atom is -0.356 e. The number of unbranched alkanes of at least 4 members (excludes halogenated alkanes) is 1. The molecule has 4 nitrogen and oxygen atoms in total. The monoisotopic (exact) mass is 422 g/mol. The van der Waals surface area contributed by atoms with Gasteiger partial charge in [-0.05, 0) is 25.3 Å². The fourth-order valence-electron chi connectivity index (χ4n) is 2.32. The smallest absolute Gasteiger partial charge is 0.356 e. The van der Waals surface area contributed by atoms with Gasteiger partial charge in [-0.3, -0.25) is 9.89 Å². The van der Waals surface area contributed by atoms with Crippen LogP contribution in [-0.2, 0) is 0 Å². The fourth-order valence-corrected chi connectivity index (χ4v) is 2.32. The average Bonchev–Trinajstić information content (AvgIpc) is 2.79. The normalized spacial score (nSPS) is 20.2. The Hall–Kier alpha value is -0.250. The molecule has 2 N–H and O–H groups in total. The van der Waals surface area contributed by atoms with Crippen LogP contribution in [0, 0.1) is 5.92 Å². The van der Waals surface area contributed by atoms with Gasteiger partial charge in [0.05, 0.1) is 6.54 Å². The van der Waals surface area contributed by atoms with E-state index in [0.717, 1.165) is 31.8 Å². The number of aliphatic imine (C=N–C) groups is 1. The highest BCUT2D eigenvalue weighted by Crippen LogP contribution is 2.22. The first kappa shape index (κ1) is 20.8. The summed E-state index contributed by atoms with van der Waals surface area (Å²) in [6.07, 6.45) is -1.11. The molecule has 1 aliphatic heterocycles. The third-order valence-electron chi connectivity index (χ3n) is 3.38. The van der Waals surface area contributed by atoms with Crippen molar-refractivity contribution in [2.24, 2.45) is 10.9 Å². The molecule has 1 fully saturated rings. The van der Waals surface area contributed by atoms with Gasteiger partial charge in [0.25, 0.3) is 0 Å². The molecule has 0 amide bonds. The summed E-state index contributed by atoms with van der Waals surface area (Å²) >= 11 is 0. The predicted octanol–water partition coefficient (Wildman–Crippen LogP) is 2.45. The molecular weight excluding hydrogens is 396 g/mol. The maximum Gasteiger partial charge on any atom is 0.401 e. The highest BCUT2D eigenvalue weighted by atomic mass is 127. The largest absolute Gasteiger partial charge is 0.401 e. The molecule has 1 atom stereocenters. The van der Waals surface area contributed by atoms with Crippen LogP contribution in [0.4, 0.5) is 13.2 Å². The second-order valence-electron chi connectivity index (χ2n) is 5.24. The molecule has 1 aliphatic rings. The number of hydrogen-bond acceptors (Lipinski definition) is 2. The molecule has 0 aliphatic carbocycles. The number of nitrogens with zero attached hydrogens (tertiary/aromatic N) is 2. The van der Waals surface area contributed by atoms with Crippen molar-refractivity contribution in [2.75, 3.05) is 39.8 Å². The number of alkyl halides is 3. The van der Waals surface area contributed by atoms with E-state index in [1.54, 1.807) is 7.05 Å². The van der Waals surface area contributed by atoms with Gasteiger partial charge < -0.3 is 10.6 Å². The van der Waals surface area contributed by atoms with Crippen molar-refractivity contribution in [2.45, 2.75) is 32.4 Å². The molecule has 8 heteroatoms. The van der Waals surface area contributed by atoms with Crippen molar-refractivity contribution in [3.63, 3.8) is 0 Å². The highest BCUT2D eigenvalue weighted by molar-refractivity contribution is 14.0. The Morgan fingerprint density at radius 1 is 1.33 bits per heavy atom. The molecule has 126 valence electrons. The first-order valence-corrected chi connectivity index (χ1v) is 7.18. The zero-order valence-corrected chi connectivity index (χ0v) is 15.0. The summed E-state index contributed by atoms with van der Waals surface area (Å²) in [5.74, 6) is 0.981. The van der Waals surface area contributed by atoms with Gasteiger partial charge in [0.15, 0.2) is 5.96 Å². The van der Waals surface area contributed by atoms with Crippen molar-refractivity contribution < 1.29 is 13.2 Å². The average molecular weight is 422 g/mol. The SMILES string of the molecule is CCCCNC(=NC)NCC1CCN(CC(F)(F)F)C1.I. The number of likely N-dealkylation sites (tertiary alicyclic amines) is 1. The summed E-state index contributed by atoms with van der Waals surface area (Å²) in [5, 5.41) is 6.37. The summed E-state index contributed by atoms with van der Waals surface area (Å²) in [6, 6.07) is 0. The molecule has 0 bridgehead atoms. The second-order valence-corrected chi connectivity index (χ2v) is 5.24. The number of rotatable bonds is 6. The lowest BCUT2D eigenvalue weighted by molar-refractivity contribution is -0.143. The van der Waals surface area contributed by atoms with E-state index in [1.165, 1.54) is 4.90 Å². The lowest BCUT2D eigenvalue weighted by Crippen LogP contribution is -2.41. The molecule has 1 saturated heterocycles. The summed E-state index contributed by atoms with van der Waals surface area (Å²) in [5.41, 5.74) is 0. The minimum absolute atomic E-state index is 0. The number of hydrogen-bond donors (Lipinski definition) is 2. The lowest BCUT2D eigenvalue weighted by Gasteiger charge is -2.18. The van der Waals surface area contributed by atoms with Gasteiger partial charge in [0, 0.05) is 26.7 Å². The van der Waals surface area contributed by atoms with E-state index in [4.69, 9.17) is 0 Å². The van der Waals surface area contributed by atoms with E-state index >= 15 is 0 Å². The van der Waals surface area contributed by atoms with Crippen LogP contribution >= 0.6 is 24.0 Å². The third-order valence-corrected chi connectivity index (χ3v) is 3.38. The molecule has 0 aromatic carbocycles. The molecule has 1 heterocycles. The topological polar surface area (TPSA) is 39.7 Å². The van der Waals surface area contributed by atoms with Crippen molar-refractivity contribution in [3.8, 4) is 0 Å². The Balaban J connectivity index is 0.00000400. The van der Waals surface area contributed by atoms with Crippen LogP contribution in [0.2, 0.25) is 0 Å². The quantitative estimate of drug-likeness (QED) is 0.299. The molecule has 0 radical (unpaired) electrons. The standard InChI is InChI=1S/C13H25F3N4.HI/c1-3-4-6-18-12(17-2)19-8-11-5-7-20(9-11)10-13(14,15)16;/h11H,3-10H2,1-2H3,(H2,17,18,19);1H. The first-order valence-electron chi connectivity index (χ1n) is 7.18. The predicted molar refractivity (Wildman–Crippen MR) is 90.3 cm³/mol. The molecule has 0 aromatic rings. The molecule has 1 unspecified atom stereocenters. The summed E-state index contributed by atoms with van der Waals surface area (Å²) in [4.78, 5) is 5.57. The van der Waals surface area contributed by atoms with Crippen LogP contribution in [0.25, 0.3) is 0 Å². The number of halogens is 4. The van der Waals surface area contributed by atoms with Crippen LogP contribution in [-0.4, -0.2) is 56.8 Å². The maximum atomic E-state index is 12.3. The van der Waals surface area contributed by atoms with E-state index in [-0.39, 0.29) is 29.9 Å². The van der Waals surface area contributed by atoms with Crippen LogP contribution in [0.15, 0.2) is 4.99 Å². The van der Waals surface area contributed by atoms with Gasteiger partial charge in [-0.25, -0.2) is 0 Å². The van der Waals surface area contributed by atoms with Gasteiger partial charge in [-0.2, -0.15) is 13.2 Å². The van der Waals surface area contributed by atoms with Crippen LogP contribution in [0.1, 0.15) is 26.2 Å². The zero-order chi connectivity index (χ0) is 15.0. The Morgan fingerprint density at radius 3 is 2.62 bits per heavy atom. The van der Waals surface area contributed by atoms with Gasteiger partial charge >= 0.3 is 6.18 Å². The Kier molecular flexibility index (Phi) is 10.3. The molecule has 21 heavy (non-hydrogen) atoms. The van der Waals surface area contributed by atoms with E-state index in [9.17, 15) is 13.2 Å². The van der Waals surface area contributed by atoms with Crippen LogP contribution in [0.5, 0.6) is 0 Å². The molecule has 0 saturated carbocycles. The molecule has 0 aromatic heterocycles. The van der Waals surface area contributed by atoms with Crippen molar-refractivity contribution >= 4 is 29.9 Å². The van der Waals surface area contributed by atoms with Gasteiger partial charge in [-0.1, -0.05) is 13.3 Å². The van der Waals surface area contributed by atoms with E-state index in [2.05, 4.69) is 22.5 Å². The zero-order valence-electron chi connectivity index (χ0n) is 12.7. The minimum atomic E-state index is -4.10. The highest BCUT2D eigenvalue weighted by Gasteiger charge is 2.34. The first-order chi connectivity index (χ1) is 9.44. The van der Waals surface area contributed by atoms with Crippen LogP contribution < -0.4 is 10.6 Å². The van der Waals surface area contributed by atoms with Crippen LogP contribution in [0.3, 0.4) is 0 Å². The van der Waals surface area contributed by atoms with E-state index in [1.807, 2.05) is 0 Å². The molecule has 0 spiro atoms. The van der Waals surface area contributed by atoms with Crippen molar-refractivity contribution in [1.82, 2.24) is 15.5 Å². The maximum absolute atomic E-state index is 12.3. The van der Waals surface area contributed by atoms with Gasteiger partial charge in [0.1, 0.15) is 0 Å². The van der Waals surface area contributed by atoms with Crippen molar-refractivity contribution in [1.29, 1.82) is 0 Å². The molecular formula is C13H26F3IN4. The van der Waals surface area contributed by atoms with E-state index in [0.29, 0.717) is 19.6 Å². The van der Waals surface area contributed by atoms with Gasteiger partial charge in [0.2, 0.25) is 0 Å².